The summed E-state index contributed by atoms with van der Waals surface area (Å²) in [5.41, 5.74) is 3.31. The van der Waals surface area contributed by atoms with Gasteiger partial charge in [0.15, 0.2) is 0 Å². The molecule has 1 atom stereocenters. The van der Waals surface area contributed by atoms with E-state index in [0.717, 1.165) is 6.54 Å². The third-order valence-corrected chi connectivity index (χ3v) is 2.23. The number of unbranched alkanes of at least 4 members (excludes halogenated alkanes) is 1. The van der Waals surface area contributed by atoms with Crippen molar-refractivity contribution in [1.82, 2.24) is 15.6 Å². The zero-order valence-corrected chi connectivity index (χ0v) is 7.80. The summed E-state index contributed by atoms with van der Waals surface area (Å²) in [6.45, 7) is 6.78. The average Bonchev–Trinajstić information content (AvgIpc) is 2.28. The molecule has 1 unspecified atom stereocenters. The van der Waals surface area contributed by atoms with Crippen LogP contribution in [0.5, 0.6) is 0 Å². The Labute approximate surface area is 69.3 Å². The Kier molecular flexibility index (Phi) is 3.30. The first-order chi connectivity index (χ1) is 5.24. The van der Waals surface area contributed by atoms with Crippen molar-refractivity contribution in [1.29, 1.82) is 0 Å². The third-order valence-electron chi connectivity index (χ3n) is 2.23. The SMILES string of the molecule is CCCCN1CC(C)N(C)N1. The summed E-state index contributed by atoms with van der Waals surface area (Å²) in [5, 5.41) is 4.45. The minimum absolute atomic E-state index is 0.645. The van der Waals surface area contributed by atoms with Gasteiger partial charge in [0.1, 0.15) is 0 Å². The highest BCUT2D eigenvalue weighted by molar-refractivity contribution is 4.70. The first kappa shape index (κ1) is 8.97. The number of nitrogens with one attached hydrogen (secondary N) is 1. The fraction of sp³-hybridized carbons (Fsp3) is 1.00. The lowest BCUT2D eigenvalue weighted by atomic mass is 10.3. The maximum Gasteiger partial charge on any atom is 0.0367 e. The molecule has 0 aromatic carbocycles. The number of hydrazine groups is 2. The van der Waals surface area contributed by atoms with E-state index in [-0.39, 0.29) is 0 Å². The molecule has 0 spiro atoms. The van der Waals surface area contributed by atoms with Crippen molar-refractivity contribution in [2.24, 2.45) is 0 Å². The van der Waals surface area contributed by atoms with Crippen molar-refractivity contribution >= 4 is 0 Å². The smallest absolute Gasteiger partial charge is 0.0367 e. The summed E-state index contributed by atoms with van der Waals surface area (Å²) in [6.07, 6.45) is 2.56. The normalized spacial score (nSPS) is 28.1. The van der Waals surface area contributed by atoms with Gasteiger partial charge in [0.2, 0.25) is 0 Å². The van der Waals surface area contributed by atoms with Gasteiger partial charge < -0.3 is 0 Å². The van der Waals surface area contributed by atoms with Crippen LogP contribution in [0.3, 0.4) is 0 Å². The quantitative estimate of drug-likeness (QED) is 0.655. The van der Waals surface area contributed by atoms with Crippen LogP contribution in [-0.4, -0.2) is 36.2 Å². The van der Waals surface area contributed by atoms with Crippen LogP contribution in [0.4, 0.5) is 0 Å². The lowest BCUT2D eigenvalue weighted by molar-refractivity contribution is 0.132. The van der Waals surface area contributed by atoms with Crippen LogP contribution in [0.25, 0.3) is 0 Å². The fourth-order valence-electron chi connectivity index (χ4n) is 1.29. The van der Waals surface area contributed by atoms with E-state index in [1.54, 1.807) is 0 Å². The molecule has 0 aromatic rings. The van der Waals surface area contributed by atoms with E-state index < -0.39 is 0 Å². The molecule has 0 saturated carbocycles. The Morgan fingerprint density at radius 3 is 2.73 bits per heavy atom. The van der Waals surface area contributed by atoms with Crippen LogP contribution in [0.1, 0.15) is 26.7 Å². The number of nitrogens with zero attached hydrogens (tertiary/aromatic N) is 2. The molecule has 1 N–H and O–H groups in total. The summed E-state index contributed by atoms with van der Waals surface area (Å²) >= 11 is 0. The van der Waals surface area contributed by atoms with E-state index in [9.17, 15) is 0 Å². The molecule has 1 saturated heterocycles. The number of rotatable bonds is 3. The van der Waals surface area contributed by atoms with Gasteiger partial charge in [0.05, 0.1) is 0 Å². The molecular formula is C8H19N3. The number of likely N-dealkylation sites (N-methyl/N-ethyl adjacent to an activating group) is 1. The topological polar surface area (TPSA) is 18.5 Å². The van der Waals surface area contributed by atoms with Crippen LogP contribution >= 0.6 is 0 Å². The summed E-state index contributed by atoms with van der Waals surface area (Å²) in [4.78, 5) is 0. The van der Waals surface area contributed by atoms with Gasteiger partial charge in [-0.3, -0.25) is 0 Å². The Balaban J connectivity index is 2.18. The molecule has 1 heterocycles. The molecule has 3 heteroatoms. The van der Waals surface area contributed by atoms with Crippen LogP contribution in [0, 0.1) is 0 Å². The van der Waals surface area contributed by atoms with E-state index in [1.807, 2.05) is 0 Å². The van der Waals surface area contributed by atoms with Gasteiger partial charge in [-0.15, -0.1) is 0 Å². The van der Waals surface area contributed by atoms with Crippen molar-refractivity contribution < 1.29 is 0 Å². The molecular weight excluding hydrogens is 138 g/mol. The zero-order chi connectivity index (χ0) is 8.27. The van der Waals surface area contributed by atoms with Crippen molar-refractivity contribution in [2.45, 2.75) is 32.7 Å². The molecule has 1 fully saturated rings. The second-order valence-corrected chi connectivity index (χ2v) is 3.36. The van der Waals surface area contributed by atoms with Gasteiger partial charge >= 0.3 is 0 Å². The highest BCUT2D eigenvalue weighted by Crippen LogP contribution is 2.05. The molecule has 0 bridgehead atoms. The molecule has 3 nitrogen and oxygen atoms in total. The van der Waals surface area contributed by atoms with E-state index in [2.05, 4.69) is 36.4 Å². The largest absolute Gasteiger partial charge is 0.230 e. The molecule has 1 aliphatic heterocycles. The van der Waals surface area contributed by atoms with Gasteiger partial charge in [0, 0.05) is 26.2 Å². The monoisotopic (exact) mass is 157 g/mol. The summed E-state index contributed by atoms with van der Waals surface area (Å²) < 4.78 is 0. The number of hydrogen-bond donors (Lipinski definition) is 1. The second-order valence-electron chi connectivity index (χ2n) is 3.36. The highest BCUT2D eigenvalue weighted by Gasteiger charge is 2.21. The van der Waals surface area contributed by atoms with Crippen molar-refractivity contribution in [2.75, 3.05) is 20.1 Å². The molecule has 66 valence electrons. The van der Waals surface area contributed by atoms with Gasteiger partial charge in [0.25, 0.3) is 0 Å². The van der Waals surface area contributed by atoms with Gasteiger partial charge in [-0.2, -0.15) is 5.53 Å². The summed E-state index contributed by atoms with van der Waals surface area (Å²) in [6, 6.07) is 0.645. The van der Waals surface area contributed by atoms with E-state index in [1.165, 1.54) is 19.4 Å². The van der Waals surface area contributed by atoms with Crippen molar-refractivity contribution in [3.63, 3.8) is 0 Å². The molecule has 1 rings (SSSR count). The van der Waals surface area contributed by atoms with E-state index >= 15 is 0 Å². The summed E-state index contributed by atoms with van der Waals surface area (Å²) in [7, 11) is 2.09. The second kappa shape index (κ2) is 4.04. The van der Waals surface area contributed by atoms with Crippen LogP contribution in [0.15, 0.2) is 0 Å². The Morgan fingerprint density at radius 1 is 1.55 bits per heavy atom. The predicted octanol–water partition coefficient (Wildman–Crippen LogP) is 0.842. The first-order valence-corrected chi connectivity index (χ1v) is 4.48. The van der Waals surface area contributed by atoms with Crippen molar-refractivity contribution in [3.05, 3.63) is 0 Å². The molecule has 0 aliphatic carbocycles. The Morgan fingerprint density at radius 2 is 2.27 bits per heavy atom. The molecule has 11 heavy (non-hydrogen) atoms. The fourth-order valence-corrected chi connectivity index (χ4v) is 1.29. The average molecular weight is 157 g/mol. The maximum absolute atomic E-state index is 3.31. The standard InChI is InChI=1S/C8H19N3/c1-4-5-6-11-7-8(2)10(3)9-11/h8-9H,4-7H2,1-3H3. The Bertz CT molecular complexity index is 106. The van der Waals surface area contributed by atoms with Gasteiger partial charge in [-0.05, 0) is 13.3 Å². The lowest BCUT2D eigenvalue weighted by Crippen LogP contribution is -2.38. The van der Waals surface area contributed by atoms with E-state index in [0.29, 0.717) is 6.04 Å². The predicted molar refractivity (Wildman–Crippen MR) is 46.8 cm³/mol. The minimum atomic E-state index is 0.645. The van der Waals surface area contributed by atoms with Gasteiger partial charge in [-0.1, -0.05) is 13.3 Å². The van der Waals surface area contributed by atoms with Crippen LogP contribution in [-0.2, 0) is 0 Å². The minimum Gasteiger partial charge on any atom is -0.230 e. The highest BCUT2D eigenvalue weighted by atomic mass is 15.8. The molecule has 0 amide bonds. The lowest BCUT2D eigenvalue weighted by Gasteiger charge is -2.16. The first-order valence-electron chi connectivity index (χ1n) is 4.48. The van der Waals surface area contributed by atoms with E-state index in [4.69, 9.17) is 0 Å². The van der Waals surface area contributed by atoms with Gasteiger partial charge in [-0.25, -0.2) is 10.0 Å². The number of hydrogen-bond acceptors (Lipinski definition) is 3. The van der Waals surface area contributed by atoms with Crippen LogP contribution in [0.2, 0.25) is 0 Å². The molecule has 0 radical (unpaired) electrons. The summed E-state index contributed by atoms with van der Waals surface area (Å²) in [5.74, 6) is 0. The third kappa shape index (κ3) is 2.43. The zero-order valence-electron chi connectivity index (χ0n) is 7.80. The maximum atomic E-state index is 3.31. The Hall–Kier alpha value is -0.120. The molecule has 1 aliphatic rings. The molecule has 0 aromatic heterocycles. The van der Waals surface area contributed by atoms with Crippen LogP contribution < -0.4 is 5.53 Å². The van der Waals surface area contributed by atoms with Crippen molar-refractivity contribution in [3.8, 4) is 0 Å².